The molecule has 3 heterocycles. The third kappa shape index (κ3) is 4.20. The Bertz CT molecular complexity index is 1310. The van der Waals surface area contributed by atoms with Gasteiger partial charge in [0.15, 0.2) is 0 Å². The number of morpholine rings is 1. The zero-order valence-corrected chi connectivity index (χ0v) is 18.1. The quantitative estimate of drug-likeness (QED) is 0.459. The van der Waals surface area contributed by atoms with Crippen LogP contribution < -0.4 is 5.56 Å². The molecule has 0 aliphatic carbocycles. The lowest BCUT2D eigenvalue weighted by Crippen LogP contribution is -2.40. The van der Waals surface area contributed by atoms with E-state index in [1.54, 1.807) is 30.7 Å². The molecule has 7 heteroatoms. The van der Waals surface area contributed by atoms with Gasteiger partial charge >= 0.3 is 0 Å². The van der Waals surface area contributed by atoms with E-state index >= 15 is 0 Å². The fourth-order valence-electron chi connectivity index (χ4n) is 4.31. The van der Waals surface area contributed by atoms with E-state index in [-0.39, 0.29) is 17.5 Å². The molecule has 0 radical (unpaired) electrons. The number of rotatable bonds is 6. The molecule has 2 aromatic heterocycles. The number of aromatic hydroxyl groups is 1. The summed E-state index contributed by atoms with van der Waals surface area (Å²) < 4.78 is 12.5. The van der Waals surface area contributed by atoms with Gasteiger partial charge in [0.25, 0.3) is 5.56 Å². The molecule has 1 aliphatic rings. The summed E-state index contributed by atoms with van der Waals surface area (Å²) in [5, 5.41) is 12.3. The van der Waals surface area contributed by atoms with Crippen molar-refractivity contribution < 1.29 is 14.3 Å². The van der Waals surface area contributed by atoms with E-state index in [1.165, 1.54) is 4.57 Å². The fourth-order valence-corrected chi connectivity index (χ4v) is 4.31. The minimum absolute atomic E-state index is 0.0337. The number of fused-ring (bicyclic) bond motifs is 1. The van der Waals surface area contributed by atoms with Gasteiger partial charge in [0, 0.05) is 30.1 Å². The Morgan fingerprint density at radius 1 is 0.970 bits per heavy atom. The first-order chi connectivity index (χ1) is 16.2. The van der Waals surface area contributed by atoms with Crippen LogP contribution >= 0.6 is 0 Å². The second-order valence-electron chi connectivity index (χ2n) is 7.93. The van der Waals surface area contributed by atoms with Crippen molar-refractivity contribution in [3.8, 4) is 11.6 Å². The van der Waals surface area contributed by atoms with Crippen molar-refractivity contribution in [1.82, 2.24) is 9.47 Å². The molecular weight excluding hydrogens is 418 g/mol. The molecule has 168 valence electrons. The predicted octanol–water partition coefficient (Wildman–Crippen LogP) is 3.78. The minimum Gasteiger partial charge on any atom is -0.494 e. The van der Waals surface area contributed by atoms with Crippen LogP contribution in [0.1, 0.15) is 17.4 Å². The van der Waals surface area contributed by atoms with E-state index in [0.717, 1.165) is 18.8 Å². The summed E-state index contributed by atoms with van der Waals surface area (Å²) in [5.74, 6) is 0.715. The van der Waals surface area contributed by atoms with Crippen molar-refractivity contribution in [2.24, 2.45) is 4.99 Å². The Morgan fingerprint density at radius 3 is 2.42 bits per heavy atom. The Kier molecular flexibility index (Phi) is 6.06. The molecule has 7 nitrogen and oxygen atoms in total. The Hall–Kier alpha value is -3.68. The normalized spacial score (nSPS) is 15.9. The third-order valence-electron chi connectivity index (χ3n) is 5.97. The van der Waals surface area contributed by atoms with Gasteiger partial charge in [-0.1, -0.05) is 36.4 Å². The lowest BCUT2D eigenvalue weighted by atomic mass is 10.1. The summed E-state index contributed by atoms with van der Waals surface area (Å²) in [4.78, 5) is 20.2. The molecule has 0 bridgehead atoms. The maximum Gasteiger partial charge on any atom is 0.265 e. The van der Waals surface area contributed by atoms with Crippen LogP contribution in [0.15, 0.2) is 87.2 Å². The molecule has 1 fully saturated rings. The fraction of sp³-hybridized carbons (Fsp3) is 0.231. The molecular formula is C26H25N3O4. The zero-order valence-electron chi connectivity index (χ0n) is 18.1. The average Bonchev–Trinajstić information content (AvgIpc) is 3.39. The van der Waals surface area contributed by atoms with E-state index < -0.39 is 0 Å². The first kappa shape index (κ1) is 21.2. The first-order valence-electron chi connectivity index (χ1n) is 11.0. The molecule has 0 spiro atoms. The van der Waals surface area contributed by atoms with Crippen molar-refractivity contribution in [1.29, 1.82) is 0 Å². The smallest absolute Gasteiger partial charge is 0.265 e. The zero-order chi connectivity index (χ0) is 22.6. The van der Waals surface area contributed by atoms with Gasteiger partial charge in [-0.25, -0.2) is 4.57 Å². The number of aromatic nitrogens is 1. The van der Waals surface area contributed by atoms with Crippen molar-refractivity contribution in [2.45, 2.75) is 6.04 Å². The SMILES string of the molecule is O=c1c2ccccc2c(C=NC[C@H](c2ccco2)N2CCOCC2)c(O)n1-c1ccccc1. The van der Waals surface area contributed by atoms with Crippen molar-refractivity contribution in [3.05, 3.63) is 94.7 Å². The summed E-state index contributed by atoms with van der Waals surface area (Å²) in [7, 11) is 0. The second kappa shape index (κ2) is 9.44. The third-order valence-corrected chi connectivity index (χ3v) is 5.97. The highest BCUT2D eigenvalue weighted by molar-refractivity contribution is 6.01. The molecule has 1 atom stereocenters. The Labute approximate surface area is 191 Å². The van der Waals surface area contributed by atoms with Gasteiger partial charge in [0.2, 0.25) is 5.88 Å². The van der Waals surface area contributed by atoms with Gasteiger partial charge < -0.3 is 14.3 Å². The molecule has 1 N–H and O–H groups in total. The van der Waals surface area contributed by atoms with Crippen molar-refractivity contribution in [2.75, 3.05) is 32.8 Å². The van der Waals surface area contributed by atoms with Crippen LogP contribution in [0.25, 0.3) is 16.5 Å². The van der Waals surface area contributed by atoms with Gasteiger partial charge in [-0.05, 0) is 30.3 Å². The number of furan rings is 1. The van der Waals surface area contributed by atoms with Gasteiger partial charge in [0.05, 0.1) is 43.3 Å². The Morgan fingerprint density at radius 2 is 1.70 bits per heavy atom. The van der Waals surface area contributed by atoms with Crippen LogP contribution in [0, 0.1) is 0 Å². The number of hydrogen-bond acceptors (Lipinski definition) is 6. The molecule has 0 saturated carbocycles. The molecule has 1 saturated heterocycles. The second-order valence-corrected chi connectivity index (χ2v) is 7.93. The van der Waals surface area contributed by atoms with E-state index in [9.17, 15) is 9.90 Å². The van der Waals surface area contributed by atoms with Crippen LogP contribution in [-0.4, -0.2) is 53.6 Å². The van der Waals surface area contributed by atoms with Crippen molar-refractivity contribution in [3.63, 3.8) is 0 Å². The predicted molar refractivity (Wildman–Crippen MR) is 128 cm³/mol. The molecule has 1 aliphatic heterocycles. The van der Waals surface area contributed by atoms with Gasteiger partial charge in [0.1, 0.15) is 5.76 Å². The van der Waals surface area contributed by atoms with E-state index in [2.05, 4.69) is 4.90 Å². The van der Waals surface area contributed by atoms with E-state index in [4.69, 9.17) is 14.1 Å². The van der Waals surface area contributed by atoms with E-state index in [0.29, 0.717) is 41.8 Å². The summed E-state index contributed by atoms with van der Waals surface area (Å²) in [5.41, 5.74) is 0.838. The van der Waals surface area contributed by atoms with Crippen LogP contribution in [-0.2, 0) is 4.74 Å². The van der Waals surface area contributed by atoms with Crippen molar-refractivity contribution >= 4 is 17.0 Å². The monoisotopic (exact) mass is 443 g/mol. The van der Waals surface area contributed by atoms with Crippen LogP contribution in [0.2, 0.25) is 0 Å². The summed E-state index contributed by atoms with van der Waals surface area (Å²) in [6, 6.07) is 20.2. The highest BCUT2D eigenvalue weighted by atomic mass is 16.5. The summed E-state index contributed by atoms with van der Waals surface area (Å²) >= 11 is 0. The summed E-state index contributed by atoms with van der Waals surface area (Å²) in [6.45, 7) is 3.40. The molecule has 0 amide bonds. The van der Waals surface area contributed by atoms with Gasteiger partial charge in [-0.2, -0.15) is 0 Å². The molecule has 2 aromatic carbocycles. The average molecular weight is 444 g/mol. The van der Waals surface area contributed by atoms with Gasteiger partial charge in [-0.15, -0.1) is 0 Å². The Balaban J connectivity index is 1.55. The topological polar surface area (TPSA) is 80.2 Å². The van der Waals surface area contributed by atoms with Crippen LogP contribution in [0.5, 0.6) is 5.88 Å². The highest BCUT2D eigenvalue weighted by Gasteiger charge is 2.24. The van der Waals surface area contributed by atoms with E-state index in [1.807, 2.05) is 48.5 Å². The number of pyridine rings is 1. The summed E-state index contributed by atoms with van der Waals surface area (Å²) in [6.07, 6.45) is 3.33. The number of ether oxygens (including phenoxy) is 1. The first-order valence-corrected chi connectivity index (χ1v) is 11.0. The molecule has 33 heavy (non-hydrogen) atoms. The maximum atomic E-state index is 13.2. The standard InChI is InChI=1S/C26H25N3O4/c30-25-21-10-5-4-9-20(21)22(26(31)29(25)19-7-2-1-3-8-19)17-27-18-23(24-11-6-14-33-24)28-12-15-32-16-13-28/h1-11,14,17,23,31H,12-13,15-16,18H2/t23-/m1/s1. The van der Waals surface area contributed by atoms with Crippen LogP contribution in [0.4, 0.5) is 0 Å². The van der Waals surface area contributed by atoms with Crippen LogP contribution in [0.3, 0.4) is 0 Å². The number of nitrogens with zero attached hydrogens (tertiary/aromatic N) is 3. The molecule has 0 unspecified atom stereocenters. The number of hydrogen-bond donors (Lipinski definition) is 1. The molecule has 4 aromatic rings. The number of aliphatic imine (C=N–C) groups is 1. The highest BCUT2D eigenvalue weighted by Crippen LogP contribution is 2.27. The number of para-hydroxylation sites is 1. The van der Waals surface area contributed by atoms with Gasteiger partial charge in [-0.3, -0.25) is 14.7 Å². The maximum absolute atomic E-state index is 13.2. The largest absolute Gasteiger partial charge is 0.494 e. The number of benzene rings is 2. The molecule has 5 rings (SSSR count). The lowest BCUT2D eigenvalue weighted by Gasteiger charge is -2.32. The minimum atomic E-state index is -0.270. The lowest BCUT2D eigenvalue weighted by molar-refractivity contribution is 0.0137.